The molecule has 4 rings (SSSR count). The van der Waals surface area contributed by atoms with Gasteiger partial charge in [-0.25, -0.2) is 4.39 Å². The maximum atomic E-state index is 13.9. The van der Waals surface area contributed by atoms with Crippen LogP contribution in [0.2, 0.25) is 0 Å². The minimum Gasteiger partial charge on any atom is -0.426 e. The molecule has 130 valence electrons. The number of hydrogen-bond acceptors (Lipinski definition) is 3. The number of carbonyl (C=O) groups is 2. The van der Waals surface area contributed by atoms with Gasteiger partial charge in [0, 0.05) is 13.0 Å². The third-order valence-electron chi connectivity index (χ3n) is 4.54. The molecule has 0 bridgehead atoms. The first-order chi connectivity index (χ1) is 12.6. The molecule has 5 heteroatoms. The van der Waals surface area contributed by atoms with Crippen LogP contribution in [0.5, 0.6) is 5.75 Å². The summed E-state index contributed by atoms with van der Waals surface area (Å²) < 4.78 is 19.4. The van der Waals surface area contributed by atoms with E-state index in [-0.39, 0.29) is 24.6 Å². The molecule has 3 aromatic rings. The standard InChI is InChI=1S/C21H16FNO3/c22-18-7-3-4-8-19(18)23-13-16(12-20(23)24)21(25)26-17-10-9-14-5-1-2-6-15(14)11-17/h1-11,16H,12-13H2. The molecule has 1 fully saturated rings. The molecular formula is C21H16FNO3. The van der Waals surface area contributed by atoms with E-state index >= 15 is 0 Å². The van der Waals surface area contributed by atoms with E-state index in [0.29, 0.717) is 5.75 Å². The zero-order valence-corrected chi connectivity index (χ0v) is 13.9. The number of carbonyl (C=O) groups excluding carboxylic acids is 2. The van der Waals surface area contributed by atoms with Crippen LogP contribution in [0.4, 0.5) is 10.1 Å². The van der Waals surface area contributed by atoms with Crippen LogP contribution in [0.25, 0.3) is 10.8 Å². The first kappa shape index (κ1) is 16.3. The Labute approximate surface area is 149 Å². The monoisotopic (exact) mass is 349 g/mol. The number of rotatable bonds is 3. The molecule has 0 saturated carbocycles. The van der Waals surface area contributed by atoms with Crippen molar-refractivity contribution in [3.8, 4) is 5.75 Å². The van der Waals surface area contributed by atoms with E-state index in [1.807, 2.05) is 30.3 Å². The Morgan fingerprint density at radius 1 is 1.00 bits per heavy atom. The maximum absolute atomic E-state index is 13.9. The largest absolute Gasteiger partial charge is 0.426 e. The van der Waals surface area contributed by atoms with Crippen LogP contribution in [0.15, 0.2) is 66.7 Å². The fourth-order valence-corrected chi connectivity index (χ4v) is 3.20. The lowest BCUT2D eigenvalue weighted by molar-refractivity contribution is -0.139. The number of amides is 1. The van der Waals surface area contributed by atoms with E-state index in [2.05, 4.69) is 0 Å². The molecule has 1 aliphatic heterocycles. The Morgan fingerprint density at radius 3 is 2.54 bits per heavy atom. The normalized spacial score (nSPS) is 16.9. The minimum atomic E-state index is -0.617. The molecule has 0 N–H and O–H groups in total. The van der Waals surface area contributed by atoms with Crippen molar-refractivity contribution in [2.45, 2.75) is 6.42 Å². The average Bonchev–Trinajstić information content (AvgIpc) is 3.04. The van der Waals surface area contributed by atoms with Crippen molar-refractivity contribution < 1.29 is 18.7 Å². The minimum absolute atomic E-state index is 0.0146. The van der Waals surface area contributed by atoms with E-state index < -0.39 is 17.7 Å². The molecule has 3 aromatic carbocycles. The molecule has 1 saturated heterocycles. The smallest absolute Gasteiger partial charge is 0.316 e. The van der Waals surface area contributed by atoms with Gasteiger partial charge in [-0.05, 0) is 35.0 Å². The lowest BCUT2D eigenvalue weighted by Gasteiger charge is -2.17. The molecule has 0 spiro atoms. The van der Waals surface area contributed by atoms with E-state index in [4.69, 9.17) is 4.74 Å². The van der Waals surface area contributed by atoms with Crippen molar-refractivity contribution >= 4 is 28.3 Å². The third kappa shape index (κ3) is 3.04. The van der Waals surface area contributed by atoms with Crippen molar-refractivity contribution in [2.24, 2.45) is 5.92 Å². The highest BCUT2D eigenvalue weighted by Gasteiger charge is 2.37. The summed E-state index contributed by atoms with van der Waals surface area (Å²) in [6, 6.07) is 19.2. The number of ether oxygens (including phenoxy) is 1. The van der Waals surface area contributed by atoms with Gasteiger partial charge in [0.05, 0.1) is 11.6 Å². The lowest BCUT2D eigenvalue weighted by atomic mass is 10.1. The molecule has 1 unspecified atom stereocenters. The van der Waals surface area contributed by atoms with Crippen LogP contribution in [0.3, 0.4) is 0 Å². The molecular weight excluding hydrogens is 333 g/mol. The maximum Gasteiger partial charge on any atom is 0.316 e. The van der Waals surface area contributed by atoms with Gasteiger partial charge in [-0.15, -0.1) is 0 Å². The van der Waals surface area contributed by atoms with Crippen LogP contribution in [-0.4, -0.2) is 18.4 Å². The zero-order chi connectivity index (χ0) is 18.1. The van der Waals surface area contributed by atoms with Gasteiger partial charge in [0.1, 0.15) is 11.6 Å². The van der Waals surface area contributed by atoms with Crippen molar-refractivity contribution in [1.82, 2.24) is 0 Å². The topological polar surface area (TPSA) is 46.6 Å². The van der Waals surface area contributed by atoms with E-state index in [0.717, 1.165) is 10.8 Å². The molecule has 0 radical (unpaired) electrons. The van der Waals surface area contributed by atoms with E-state index in [9.17, 15) is 14.0 Å². The highest BCUT2D eigenvalue weighted by atomic mass is 19.1. The number of benzene rings is 3. The Kier molecular flexibility index (Phi) is 4.13. The molecule has 0 aliphatic carbocycles. The highest BCUT2D eigenvalue weighted by Crippen LogP contribution is 2.29. The Hall–Kier alpha value is -3.21. The number of halogens is 1. The fourth-order valence-electron chi connectivity index (χ4n) is 3.20. The summed E-state index contributed by atoms with van der Waals surface area (Å²) in [4.78, 5) is 26.0. The van der Waals surface area contributed by atoms with Gasteiger partial charge in [-0.2, -0.15) is 0 Å². The Morgan fingerprint density at radius 2 is 1.73 bits per heavy atom. The second kappa shape index (κ2) is 6.59. The highest BCUT2D eigenvalue weighted by molar-refractivity contribution is 5.99. The van der Waals surface area contributed by atoms with E-state index in [1.54, 1.807) is 24.3 Å². The number of para-hydroxylation sites is 1. The van der Waals surface area contributed by atoms with Gasteiger partial charge < -0.3 is 9.64 Å². The van der Waals surface area contributed by atoms with Crippen molar-refractivity contribution in [2.75, 3.05) is 11.4 Å². The summed E-state index contributed by atoms with van der Waals surface area (Å²) in [5.41, 5.74) is 0.193. The van der Waals surface area contributed by atoms with Crippen molar-refractivity contribution in [3.05, 3.63) is 72.5 Å². The Bertz CT molecular complexity index is 1000. The summed E-state index contributed by atoms with van der Waals surface area (Å²) in [5.74, 6) is -1.42. The molecule has 1 heterocycles. The first-order valence-electron chi connectivity index (χ1n) is 8.37. The van der Waals surface area contributed by atoms with Gasteiger partial charge >= 0.3 is 5.97 Å². The van der Waals surface area contributed by atoms with Crippen LogP contribution >= 0.6 is 0 Å². The summed E-state index contributed by atoms with van der Waals surface area (Å²) in [5, 5.41) is 2.02. The fraction of sp³-hybridized carbons (Fsp3) is 0.143. The van der Waals surface area contributed by atoms with Gasteiger partial charge in [0.15, 0.2) is 0 Å². The molecule has 4 nitrogen and oxygen atoms in total. The second-order valence-corrected chi connectivity index (χ2v) is 6.29. The molecule has 1 atom stereocenters. The lowest BCUT2D eigenvalue weighted by Crippen LogP contribution is -2.28. The third-order valence-corrected chi connectivity index (χ3v) is 4.54. The second-order valence-electron chi connectivity index (χ2n) is 6.29. The Balaban J connectivity index is 1.50. The van der Waals surface area contributed by atoms with Gasteiger partial charge in [-0.3, -0.25) is 9.59 Å². The molecule has 1 aliphatic rings. The quantitative estimate of drug-likeness (QED) is 0.532. The molecule has 0 aromatic heterocycles. The number of anilines is 1. The average molecular weight is 349 g/mol. The molecule has 1 amide bonds. The van der Waals surface area contributed by atoms with Crippen molar-refractivity contribution in [1.29, 1.82) is 0 Å². The summed E-state index contributed by atoms with van der Waals surface area (Å²) in [6.07, 6.45) is 0.0146. The number of esters is 1. The van der Waals surface area contributed by atoms with E-state index in [1.165, 1.54) is 17.0 Å². The van der Waals surface area contributed by atoms with Crippen molar-refractivity contribution in [3.63, 3.8) is 0 Å². The van der Waals surface area contributed by atoms with Crippen LogP contribution in [0, 0.1) is 11.7 Å². The summed E-state index contributed by atoms with van der Waals surface area (Å²) in [7, 11) is 0. The predicted octanol–water partition coefficient (Wildman–Crippen LogP) is 3.94. The van der Waals surface area contributed by atoms with Crippen LogP contribution < -0.4 is 9.64 Å². The SMILES string of the molecule is O=C(Oc1ccc2ccccc2c1)C1CC(=O)N(c2ccccc2F)C1. The zero-order valence-electron chi connectivity index (χ0n) is 13.9. The number of fused-ring (bicyclic) bond motifs is 1. The summed E-state index contributed by atoms with van der Waals surface area (Å²) in [6.45, 7) is 0.117. The summed E-state index contributed by atoms with van der Waals surface area (Å²) >= 11 is 0. The van der Waals surface area contributed by atoms with Crippen LogP contribution in [-0.2, 0) is 9.59 Å². The first-order valence-corrected chi connectivity index (χ1v) is 8.37. The molecule has 26 heavy (non-hydrogen) atoms. The number of nitrogens with zero attached hydrogens (tertiary/aromatic N) is 1. The van der Waals surface area contributed by atoms with Gasteiger partial charge in [0.25, 0.3) is 0 Å². The van der Waals surface area contributed by atoms with Gasteiger partial charge in [0.2, 0.25) is 5.91 Å². The van der Waals surface area contributed by atoms with Crippen LogP contribution in [0.1, 0.15) is 6.42 Å². The van der Waals surface area contributed by atoms with Gasteiger partial charge in [-0.1, -0.05) is 42.5 Å². The predicted molar refractivity (Wildman–Crippen MR) is 96.4 cm³/mol. The number of hydrogen-bond donors (Lipinski definition) is 0.